The third kappa shape index (κ3) is 11.5. The van der Waals surface area contributed by atoms with Gasteiger partial charge in [0.05, 0.1) is 52.9 Å². The lowest BCUT2D eigenvalue weighted by molar-refractivity contribution is 0.108. The molecule has 16 heteroatoms. The van der Waals surface area contributed by atoms with Crippen molar-refractivity contribution in [2.24, 2.45) is 0 Å². The van der Waals surface area contributed by atoms with Crippen molar-refractivity contribution in [3.63, 3.8) is 0 Å². The smallest absolute Gasteiger partial charge is 0.319 e. The highest BCUT2D eigenvalue weighted by Crippen LogP contribution is 2.37. The van der Waals surface area contributed by atoms with E-state index in [1.807, 2.05) is 0 Å². The topological polar surface area (TPSA) is 124 Å². The van der Waals surface area contributed by atoms with E-state index in [4.69, 9.17) is 54.4 Å². The van der Waals surface area contributed by atoms with E-state index < -0.39 is 34.2 Å². The minimum Gasteiger partial charge on any atom is -0.415 e. The van der Waals surface area contributed by atoms with Gasteiger partial charge in [0.1, 0.15) is 24.4 Å². The molecular weight excluding hydrogens is 593 g/mol. The Morgan fingerprint density at radius 1 is 0.425 bits per heavy atom. The Balaban J connectivity index is 1.26. The van der Waals surface area contributed by atoms with E-state index in [1.54, 1.807) is 0 Å². The standard InChI is InChI=1S/C24H48O12Si4/c1-37(9-5-25-13-21-17-29-21)33-38(2,10-6-26-14-22-18-30-22)35-40(4,12-8-28-16-24-20-32-24)36-39(3,34-37)11-7-27-15-23-19-31-23/h21-24H,5-20H2,1-4H3. The van der Waals surface area contributed by atoms with E-state index in [0.717, 1.165) is 26.4 Å². The zero-order valence-electron chi connectivity index (χ0n) is 24.5. The molecule has 5 heterocycles. The van der Waals surface area contributed by atoms with Crippen molar-refractivity contribution in [1.29, 1.82) is 0 Å². The van der Waals surface area contributed by atoms with Crippen LogP contribution >= 0.6 is 0 Å². The van der Waals surface area contributed by atoms with Crippen molar-refractivity contribution in [2.75, 3.05) is 79.3 Å². The Kier molecular flexibility index (Phi) is 11.1. The molecule has 0 N–H and O–H groups in total. The molecule has 5 aliphatic heterocycles. The van der Waals surface area contributed by atoms with Gasteiger partial charge >= 0.3 is 34.2 Å². The fourth-order valence-corrected chi connectivity index (χ4v) is 27.0. The maximum absolute atomic E-state index is 7.09. The number of epoxide rings is 4. The molecule has 0 spiro atoms. The molecule has 40 heavy (non-hydrogen) atoms. The van der Waals surface area contributed by atoms with E-state index in [1.165, 1.54) is 0 Å². The van der Waals surface area contributed by atoms with Crippen LogP contribution in [-0.2, 0) is 54.4 Å². The summed E-state index contributed by atoms with van der Waals surface area (Å²) in [6.45, 7) is 16.2. The van der Waals surface area contributed by atoms with Crippen molar-refractivity contribution in [1.82, 2.24) is 0 Å². The molecule has 5 aliphatic rings. The predicted molar refractivity (Wildman–Crippen MR) is 152 cm³/mol. The summed E-state index contributed by atoms with van der Waals surface area (Å²) in [6, 6.07) is 2.75. The van der Waals surface area contributed by atoms with Crippen molar-refractivity contribution in [3.05, 3.63) is 0 Å². The molecule has 5 saturated heterocycles. The quantitative estimate of drug-likeness (QED) is 0.110. The van der Waals surface area contributed by atoms with Gasteiger partial charge in [-0.1, -0.05) is 0 Å². The number of hydrogen-bond donors (Lipinski definition) is 0. The molecule has 12 nitrogen and oxygen atoms in total. The second-order valence-electron chi connectivity index (χ2n) is 12.1. The molecule has 5 rings (SSSR count). The van der Waals surface area contributed by atoms with Gasteiger partial charge in [0.2, 0.25) is 0 Å². The summed E-state index contributed by atoms with van der Waals surface area (Å²) in [5.41, 5.74) is 0. The summed E-state index contributed by atoms with van der Waals surface area (Å²) < 4.78 is 73.3. The largest absolute Gasteiger partial charge is 0.415 e. The predicted octanol–water partition coefficient (Wildman–Crippen LogP) is 2.02. The molecule has 5 fully saturated rings. The van der Waals surface area contributed by atoms with Crippen LogP contribution in [0.1, 0.15) is 0 Å². The van der Waals surface area contributed by atoms with Crippen LogP contribution in [0.15, 0.2) is 0 Å². The first-order chi connectivity index (χ1) is 19.1. The highest BCUT2D eigenvalue weighted by Gasteiger charge is 2.56. The molecule has 0 radical (unpaired) electrons. The SMILES string of the molecule is C[Si]1(CCOCC2CO2)O[Si](C)(CCOCC2CO2)O[Si](C)(CCOCC2CO2)O[Si](C)(CCOCC2CO2)O1. The summed E-state index contributed by atoms with van der Waals surface area (Å²) in [7, 11) is -11.1. The van der Waals surface area contributed by atoms with Crippen molar-refractivity contribution in [2.45, 2.75) is 74.8 Å². The van der Waals surface area contributed by atoms with Gasteiger partial charge in [-0.25, -0.2) is 0 Å². The Labute approximate surface area is 242 Å². The Morgan fingerprint density at radius 2 is 0.625 bits per heavy atom. The monoisotopic (exact) mass is 640 g/mol. The fourth-order valence-electron chi connectivity index (χ4n) is 4.86. The lowest BCUT2D eigenvalue weighted by Crippen LogP contribution is -2.68. The molecule has 0 aromatic heterocycles. The van der Waals surface area contributed by atoms with Crippen LogP contribution in [0.2, 0.25) is 50.4 Å². The maximum atomic E-state index is 7.09. The highest BCUT2D eigenvalue weighted by molar-refractivity contribution is 6.94. The maximum Gasteiger partial charge on any atom is 0.319 e. The van der Waals surface area contributed by atoms with E-state index in [2.05, 4.69) is 26.2 Å². The molecule has 0 bridgehead atoms. The summed E-state index contributed by atoms with van der Waals surface area (Å²) in [5.74, 6) is 0. The van der Waals surface area contributed by atoms with Crippen molar-refractivity contribution in [3.8, 4) is 0 Å². The van der Waals surface area contributed by atoms with Crippen LogP contribution in [-0.4, -0.2) is 138 Å². The van der Waals surface area contributed by atoms with E-state index in [-0.39, 0.29) is 24.4 Å². The van der Waals surface area contributed by atoms with Gasteiger partial charge in [-0.3, -0.25) is 0 Å². The second-order valence-corrected chi connectivity index (χ2v) is 26.4. The lowest BCUT2D eigenvalue weighted by atomic mass is 10.5. The zero-order valence-corrected chi connectivity index (χ0v) is 28.5. The van der Waals surface area contributed by atoms with E-state index in [9.17, 15) is 0 Å². The molecule has 232 valence electrons. The first-order valence-electron chi connectivity index (χ1n) is 14.7. The van der Waals surface area contributed by atoms with Gasteiger partial charge in [0.25, 0.3) is 0 Å². The molecule has 0 aromatic carbocycles. The van der Waals surface area contributed by atoms with Gasteiger partial charge in [-0.2, -0.15) is 0 Å². The van der Waals surface area contributed by atoms with Gasteiger partial charge < -0.3 is 54.4 Å². The van der Waals surface area contributed by atoms with Crippen LogP contribution in [0.5, 0.6) is 0 Å². The fraction of sp³-hybridized carbons (Fsp3) is 1.00. The van der Waals surface area contributed by atoms with Gasteiger partial charge in [-0.15, -0.1) is 0 Å². The van der Waals surface area contributed by atoms with Crippen molar-refractivity contribution >= 4 is 34.2 Å². The van der Waals surface area contributed by atoms with Crippen LogP contribution in [0.25, 0.3) is 0 Å². The van der Waals surface area contributed by atoms with E-state index >= 15 is 0 Å². The molecule has 0 saturated carbocycles. The second kappa shape index (κ2) is 14.0. The minimum atomic E-state index is -2.77. The van der Waals surface area contributed by atoms with Crippen LogP contribution in [0, 0.1) is 0 Å². The third-order valence-corrected chi connectivity index (χ3v) is 25.6. The summed E-state index contributed by atoms with van der Waals surface area (Å²) in [5, 5.41) is 0. The number of hydrogen-bond acceptors (Lipinski definition) is 12. The number of ether oxygens (including phenoxy) is 8. The van der Waals surface area contributed by atoms with Gasteiger partial charge in [0, 0.05) is 50.6 Å². The normalized spacial score (nSPS) is 42.3. The molecule has 0 aliphatic carbocycles. The van der Waals surface area contributed by atoms with Crippen LogP contribution < -0.4 is 0 Å². The zero-order chi connectivity index (χ0) is 28.1. The Morgan fingerprint density at radius 3 is 0.800 bits per heavy atom. The summed E-state index contributed by atoms with van der Waals surface area (Å²) in [6.07, 6.45) is 0.890. The third-order valence-electron chi connectivity index (χ3n) is 7.35. The van der Waals surface area contributed by atoms with E-state index in [0.29, 0.717) is 77.0 Å². The average Bonchev–Trinajstić information content (AvgIpc) is 3.70. The molecule has 4 atom stereocenters. The van der Waals surface area contributed by atoms with Gasteiger partial charge in [0.15, 0.2) is 0 Å². The first-order valence-corrected chi connectivity index (χ1v) is 24.8. The Hall–Kier alpha value is 0.388. The molecule has 4 unspecified atom stereocenters. The average molecular weight is 641 g/mol. The molecular formula is C24H48O12Si4. The highest BCUT2D eigenvalue weighted by atomic mass is 28.5. The Bertz CT molecular complexity index is 660. The number of rotatable bonds is 20. The van der Waals surface area contributed by atoms with Gasteiger partial charge in [-0.05, 0) is 26.2 Å². The minimum absolute atomic E-state index is 0.222. The first kappa shape index (κ1) is 31.8. The van der Waals surface area contributed by atoms with Crippen LogP contribution in [0.3, 0.4) is 0 Å². The summed E-state index contributed by atoms with van der Waals surface area (Å²) in [4.78, 5) is 0. The molecule has 0 aromatic rings. The molecule has 0 amide bonds. The van der Waals surface area contributed by atoms with Crippen LogP contribution in [0.4, 0.5) is 0 Å². The summed E-state index contributed by atoms with van der Waals surface area (Å²) >= 11 is 0. The lowest BCUT2D eigenvalue weighted by Gasteiger charge is -2.50. The van der Waals surface area contributed by atoms with Crippen molar-refractivity contribution < 1.29 is 54.4 Å².